The Kier molecular flexibility index (Phi) is 6.04. The molecule has 7 heteroatoms. The monoisotopic (exact) mass is 430 g/mol. The summed E-state index contributed by atoms with van der Waals surface area (Å²) in [6.45, 7) is 10.8. The lowest BCUT2D eigenvalue weighted by Crippen LogP contribution is -2.31. The van der Waals surface area contributed by atoms with Crippen LogP contribution in [0.4, 0.5) is 20.4 Å². The van der Waals surface area contributed by atoms with Gasteiger partial charge in [-0.05, 0) is 42.2 Å². The lowest BCUT2D eigenvalue weighted by Gasteiger charge is -2.31. The molecule has 2 heterocycles. The first-order chi connectivity index (χ1) is 15.5. The van der Waals surface area contributed by atoms with E-state index in [1.165, 1.54) is 17.8 Å². The predicted molar refractivity (Wildman–Crippen MR) is 119 cm³/mol. The minimum Gasteiger partial charge on any atom is -0.359 e. The molecule has 1 aliphatic heterocycles. The maximum absolute atomic E-state index is 13.9. The van der Waals surface area contributed by atoms with Crippen LogP contribution in [0.1, 0.15) is 34.8 Å². The smallest absolute Gasteiger partial charge is 0.312 e. The molecule has 1 aliphatic rings. The third-order valence-electron chi connectivity index (χ3n) is 5.60. The number of ketones is 1. The van der Waals surface area contributed by atoms with Crippen molar-refractivity contribution in [1.29, 1.82) is 0 Å². The van der Waals surface area contributed by atoms with E-state index in [1.54, 1.807) is 18.3 Å². The van der Waals surface area contributed by atoms with Crippen LogP contribution in [0, 0.1) is 18.2 Å². The number of hydrogen-bond acceptors (Lipinski definition) is 4. The number of carbonyl (C=O) groups excluding carboxylic acids is 1. The van der Waals surface area contributed by atoms with Gasteiger partial charge in [0.15, 0.2) is 11.6 Å². The summed E-state index contributed by atoms with van der Waals surface area (Å²) in [5, 5.41) is 0. The lowest BCUT2D eigenvalue weighted by molar-refractivity contribution is 0.0985. The fourth-order valence-corrected chi connectivity index (χ4v) is 3.86. The van der Waals surface area contributed by atoms with Crippen LogP contribution in [0.3, 0.4) is 0 Å². The molecular weight excluding hydrogens is 410 g/mol. The number of Topliss-reactive ketones (excluding diaryl/α,β-unsaturated/α-hetero) is 1. The molecule has 0 bridgehead atoms. The van der Waals surface area contributed by atoms with Gasteiger partial charge in [0.1, 0.15) is 17.8 Å². The molecule has 0 unspecified atom stereocenters. The van der Waals surface area contributed by atoms with E-state index in [-0.39, 0.29) is 12.2 Å². The zero-order valence-electron chi connectivity index (χ0n) is 17.5. The van der Waals surface area contributed by atoms with Crippen LogP contribution in [-0.2, 0) is 6.42 Å². The van der Waals surface area contributed by atoms with Crippen molar-refractivity contribution in [3.05, 3.63) is 100 Å². The van der Waals surface area contributed by atoms with Crippen LogP contribution in [-0.4, -0.2) is 28.8 Å². The molecule has 160 valence electrons. The van der Waals surface area contributed by atoms with Gasteiger partial charge >= 0.3 is 5.82 Å². The highest BCUT2D eigenvalue weighted by Gasteiger charge is 2.22. The summed E-state index contributed by atoms with van der Waals surface area (Å²) in [5.41, 5.74) is 3.53. The Morgan fingerprint density at radius 1 is 1.09 bits per heavy atom. The average Bonchev–Trinajstić information content (AvgIpc) is 2.80. The average molecular weight is 430 g/mol. The third-order valence-corrected chi connectivity index (χ3v) is 5.60. The molecule has 0 saturated heterocycles. The molecule has 0 spiro atoms. The Morgan fingerprint density at radius 2 is 1.78 bits per heavy atom. The molecule has 0 atom stereocenters. The van der Waals surface area contributed by atoms with Crippen LogP contribution >= 0.6 is 0 Å². The molecular formula is C25H20F2N4O. The summed E-state index contributed by atoms with van der Waals surface area (Å²) in [6, 6.07) is 10.8. The molecule has 0 saturated carbocycles. The summed E-state index contributed by atoms with van der Waals surface area (Å²) in [6.07, 6.45) is 3.83. The topological polar surface area (TPSA) is 50.5 Å². The predicted octanol–water partition coefficient (Wildman–Crippen LogP) is 5.41. The molecule has 0 radical (unpaired) electrons. The zero-order chi connectivity index (χ0) is 22.7. The quantitative estimate of drug-likeness (QED) is 0.401. The number of halogens is 2. The van der Waals surface area contributed by atoms with E-state index in [2.05, 4.69) is 21.7 Å². The van der Waals surface area contributed by atoms with E-state index < -0.39 is 23.0 Å². The molecule has 32 heavy (non-hydrogen) atoms. The Hall–Kier alpha value is -3.92. The third kappa shape index (κ3) is 4.26. The number of rotatable bonds is 5. The summed E-state index contributed by atoms with van der Waals surface area (Å²) in [4.78, 5) is 26.4. The fourth-order valence-electron chi connectivity index (χ4n) is 3.86. The number of hydrogen-bond donors (Lipinski definition) is 0. The van der Waals surface area contributed by atoms with Crippen molar-refractivity contribution in [2.75, 3.05) is 18.0 Å². The van der Waals surface area contributed by atoms with Gasteiger partial charge in [-0.3, -0.25) is 4.79 Å². The van der Waals surface area contributed by atoms with Gasteiger partial charge in [0.2, 0.25) is 0 Å². The second-order valence-corrected chi connectivity index (χ2v) is 7.64. The van der Waals surface area contributed by atoms with Gasteiger partial charge in [-0.25, -0.2) is 13.8 Å². The van der Waals surface area contributed by atoms with Gasteiger partial charge in [-0.2, -0.15) is 0 Å². The number of benzene rings is 2. The standard InChI is InChI=1S/C25H20F2N4O/c1-16-10-13-31(25-24(28-2)29-11-12-30-25)15-19(16)18-8-6-17(7-9-18)14-22(32)23-20(26)4-3-5-21(23)27/h3-9,11-12H,10,13-15H2,1H3. The largest absolute Gasteiger partial charge is 0.359 e. The Morgan fingerprint density at radius 3 is 2.47 bits per heavy atom. The van der Waals surface area contributed by atoms with Gasteiger partial charge in [0.25, 0.3) is 0 Å². The molecule has 5 nitrogen and oxygen atoms in total. The van der Waals surface area contributed by atoms with Crippen LogP contribution in [0.25, 0.3) is 10.4 Å². The van der Waals surface area contributed by atoms with Gasteiger partial charge in [0, 0.05) is 19.5 Å². The van der Waals surface area contributed by atoms with Gasteiger partial charge in [-0.1, -0.05) is 42.5 Å². The molecule has 0 N–H and O–H groups in total. The molecule has 0 amide bonds. The van der Waals surface area contributed by atoms with E-state index in [9.17, 15) is 13.6 Å². The highest BCUT2D eigenvalue weighted by atomic mass is 19.1. The van der Waals surface area contributed by atoms with Crippen molar-refractivity contribution in [2.45, 2.75) is 19.8 Å². The van der Waals surface area contributed by atoms with Crippen LogP contribution < -0.4 is 4.90 Å². The maximum Gasteiger partial charge on any atom is 0.312 e. The SMILES string of the molecule is [C-]#[N+]c1nccnc1N1CCC(C)=C(c2ccc(CC(=O)c3c(F)cccc3F)cc2)C1. The van der Waals surface area contributed by atoms with Crippen LogP contribution in [0.2, 0.25) is 0 Å². The number of carbonyl (C=O) groups is 1. The Labute approximate surface area is 184 Å². The van der Waals surface area contributed by atoms with E-state index in [0.29, 0.717) is 17.9 Å². The Bertz CT molecular complexity index is 1230. The number of aromatic nitrogens is 2. The second kappa shape index (κ2) is 9.06. The van der Waals surface area contributed by atoms with Crippen molar-refractivity contribution in [1.82, 2.24) is 9.97 Å². The van der Waals surface area contributed by atoms with E-state index >= 15 is 0 Å². The van der Waals surface area contributed by atoms with E-state index in [1.807, 2.05) is 17.0 Å². The summed E-state index contributed by atoms with van der Waals surface area (Å²) in [5.74, 6) is -1.45. The van der Waals surface area contributed by atoms with Crippen molar-refractivity contribution in [2.24, 2.45) is 0 Å². The number of anilines is 1. The van der Waals surface area contributed by atoms with E-state index in [4.69, 9.17) is 6.57 Å². The molecule has 0 aliphatic carbocycles. The van der Waals surface area contributed by atoms with Crippen molar-refractivity contribution < 1.29 is 13.6 Å². The van der Waals surface area contributed by atoms with Gasteiger partial charge < -0.3 is 9.74 Å². The first-order valence-electron chi connectivity index (χ1n) is 10.2. The Balaban J connectivity index is 1.53. The van der Waals surface area contributed by atoms with E-state index in [0.717, 1.165) is 36.2 Å². The first-order valence-corrected chi connectivity index (χ1v) is 10.2. The molecule has 3 aromatic rings. The zero-order valence-corrected chi connectivity index (χ0v) is 17.5. The minimum atomic E-state index is -0.850. The fraction of sp³-hybridized carbons (Fsp3) is 0.200. The first kappa shape index (κ1) is 21.3. The van der Waals surface area contributed by atoms with Gasteiger partial charge in [0.05, 0.1) is 11.8 Å². The molecule has 1 aromatic heterocycles. The van der Waals surface area contributed by atoms with Crippen molar-refractivity contribution in [3.8, 4) is 0 Å². The molecule has 2 aromatic carbocycles. The van der Waals surface area contributed by atoms with Crippen LogP contribution in [0.5, 0.6) is 0 Å². The summed E-state index contributed by atoms with van der Waals surface area (Å²) < 4.78 is 27.8. The molecule has 0 fully saturated rings. The molecule has 4 rings (SSSR count). The highest BCUT2D eigenvalue weighted by Crippen LogP contribution is 2.32. The normalized spacial score (nSPS) is 13.8. The summed E-state index contributed by atoms with van der Waals surface area (Å²) >= 11 is 0. The van der Waals surface area contributed by atoms with Crippen molar-refractivity contribution >= 4 is 23.0 Å². The van der Waals surface area contributed by atoms with Crippen LogP contribution in [0.15, 0.2) is 60.4 Å². The van der Waals surface area contributed by atoms with Crippen molar-refractivity contribution in [3.63, 3.8) is 0 Å². The number of nitrogens with zero attached hydrogens (tertiary/aromatic N) is 4. The highest BCUT2D eigenvalue weighted by molar-refractivity contribution is 5.98. The minimum absolute atomic E-state index is 0.0870. The maximum atomic E-state index is 13.9. The summed E-state index contributed by atoms with van der Waals surface area (Å²) in [7, 11) is 0. The van der Waals surface area contributed by atoms with Gasteiger partial charge in [-0.15, -0.1) is 4.98 Å². The second-order valence-electron chi connectivity index (χ2n) is 7.64. The lowest BCUT2D eigenvalue weighted by atomic mass is 9.93.